The van der Waals surface area contributed by atoms with Crippen LogP contribution in [0.25, 0.3) is 0 Å². The quantitative estimate of drug-likeness (QED) is 0.714. The molecule has 0 saturated carbocycles. The maximum Gasteiger partial charge on any atom is 0.311 e. The predicted molar refractivity (Wildman–Crippen MR) is 68.3 cm³/mol. The molecule has 0 amide bonds. The highest BCUT2D eigenvalue weighted by atomic mass is 16.4. The van der Waals surface area contributed by atoms with E-state index in [1.165, 1.54) is 0 Å². The normalized spacial score (nSPS) is 31.2. The number of carboxylic acids is 2. The van der Waals surface area contributed by atoms with E-state index in [4.69, 9.17) is 0 Å². The van der Waals surface area contributed by atoms with E-state index in [9.17, 15) is 19.8 Å². The van der Waals surface area contributed by atoms with Crippen molar-refractivity contribution in [3.8, 4) is 0 Å². The van der Waals surface area contributed by atoms with Crippen LogP contribution in [0.5, 0.6) is 0 Å². The summed E-state index contributed by atoms with van der Waals surface area (Å²) in [6.45, 7) is 3.81. The average Bonchev–Trinajstić information content (AvgIpc) is 2.31. The maximum atomic E-state index is 11.8. The van der Waals surface area contributed by atoms with Crippen LogP contribution < -0.4 is 0 Å². The first kappa shape index (κ1) is 14.7. The molecule has 102 valence electrons. The van der Waals surface area contributed by atoms with Gasteiger partial charge in [0, 0.05) is 0 Å². The Morgan fingerprint density at radius 1 is 0.944 bits per heavy atom. The van der Waals surface area contributed by atoms with E-state index in [0.29, 0.717) is 38.5 Å². The molecule has 0 fully saturated rings. The third-order valence-electron chi connectivity index (χ3n) is 4.19. The molecule has 2 atom stereocenters. The second-order valence-corrected chi connectivity index (χ2v) is 5.15. The summed E-state index contributed by atoms with van der Waals surface area (Å²) >= 11 is 0. The molecule has 0 aliphatic heterocycles. The maximum absolute atomic E-state index is 11.8. The predicted octanol–water partition coefficient (Wildman–Crippen LogP) is 3.08. The molecule has 2 unspecified atom stereocenters. The van der Waals surface area contributed by atoms with Crippen molar-refractivity contribution in [1.29, 1.82) is 0 Å². The van der Waals surface area contributed by atoms with Gasteiger partial charge in [0.1, 0.15) is 0 Å². The fourth-order valence-corrected chi connectivity index (χ4v) is 3.29. The molecule has 0 aromatic carbocycles. The molecule has 18 heavy (non-hydrogen) atoms. The van der Waals surface area contributed by atoms with Crippen molar-refractivity contribution in [3.63, 3.8) is 0 Å². The Labute approximate surface area is 108 Å². The summed E-state index contributed by atoms with van der Waals surface area (Å²) in [6, 6.07) is 0. The molecule has 1 rings (SSSR count). The zero-order valence-corrected chi connectivity index (χ0v) is 11.1. The zero-order chi connectivity index (χ0) is 13.8. The van der Waals surface area contributed by atoms with E-state index >= 15 is 0 Å². The van der Waals surface area contributed by atoms with Crippen molar-refractivity contribution in [1.82, 2.24) is 0 Å². The van der Waals surface area contributed by atoms with Crippen molar-refractivity contribution in [2.75, 3.05) is 0 Å². The summed E-state index contributed by atoms with van der Waals surface area (Å²) < 4.78 is 0. The van der Waals surface area contributed by atoms with Crippen LogP contribution in [0.1, 0.15) is 52.4 Å². The molecule has 0 radical (unpaired) electrons. The molecule has 0 bridgehead atoms. The van der Waals surface area contributed by atoms with Crippen molar-refractivity contribution >= 4 is 11.9 Å². The number of allylic oxidation sites excluding steroid dienone is 2. The number of rotatable bonds is 6. The van der Waals surface area contributed by atoms with Gasteiger partial charge in [0.2, 0.25) is 0 Å². The standard InChI is InChI=1S/C14H22O4/c1-3-7-13(11(15)16)9-5-6-10-14(13,8-4-2)12(17)18/h5-6H,3-4,7-10H2,1-2H3,(H,15,16)(H,17,18). The lowest BCUT2D eigenvalue weighted by molar-refractivity contribution is -0.177. The van der Waals surface area contributed by atoms with Gasteiger partial charge in [-0.3, -0.25) is 9.59 Å². The van der Waals surface area contributed by atoms with Crippen LogP contribution in [0.2, 0.25) is 0 Å². The summed E-state index contributed by atoms with van der Waals surface area (Å²) in [5, 5.41) is 19.3. The van der Waals surface area contributed by atoms with E-state index in [-0.39, 0.29) is 0 Å². The van der Waals surface area contributed by atoms with Gasteiger partial charge < -0.3 is 10.2 Å². The number of hydrogen-bond donors (Lipinski definition) is 2. The summed E-state index contributed by atoms with van der Waals surface area (Å²) in [5.41, 5.74) is -2.31. The Bertz CT molecular complexity index is 327. The van der Waals surface area contributed by atoms with E-state index in [1.54, 1.807) is 0 Å². The minimum atomic E-state index is -1.15. The van der Waals surface area contributed by atoms with Crippen LogP contribution in [-0.4, -0.2) is 22.2 Å². The number of carbonyl (C=O) groups is 2. The molecule has 1 aliphatic rings. The van der Waals surface area contributed by atoms with Crippen molar-refractivity contribution in [2.24, 2.45) is 10.8 Å². The third kappa shape index (κ3) is 2.04. The molecule has 0 aromatic heterocycles. The molecule has 4 nitrogen and oxygen atoms in total. The molecule has 2 N–H and O–H groups in total. The van der Waals surface area contributed by atoms with Crippen LogP contribution in [0.3, 0.4) is 0 Å². The molecule has 0 spiro atoms. The van der Waals surface area contributed by atoms with Crippen LogP contribution in [-0.2, 0) is 9.59 Å². The van der Waals surface area contributed by atoms with E-state index < -0.39 is 22.8 Å². The van der Waals surface area contributed by atoms with Gasteiger partial charge in [-0.25, -0.2) is 0 Å². The Morgan fingerprint density at radius 2 is 1.28 bits per heavy atom. The topological polar surface area (TPSA) is 74.6 Å². The summed E-state index contributed by atoms with van der Waals surface area (Å²) in [5.74, 6) is -1.94. The van der Waals surface area contributed by atoms with Crippen LogP contribution in [0, 0.1) is 10.8 Å². The first-order valence-electron chi connectivity index (χ1n) is 6.58. The van der Waals surface area contributed by atoms with Gasteiger partial charge in [0.15, 0.2) is 0 Å². The van der Waals surface area contributed by atoms with Crippen LogP contribution in [0.4, 0.5) is 0 Å². The van der Waals surface area contributed by atoms with Gasteiger partial charge in [-0.05, 0) is 25.7 Å². The summed E-state index contributed by atoms with van der Waals surface area (Å²) in [4.78, 5) is 23.5. The first-order valence-corrected chi connectivity index (χ1v) is 6.58. The fourth-order valence-electron chi connectivity index (χ4n) is 3.29. The first-order chi connectivity index (χ1) is 8.47. The fraction of sp³-hybridized carbons (Fsp3) is 0.714. The van der Waals surface area contributed by atoms with Crippen molar-refractivity contribution in [3.05, 3.63) is 12.2 Å². The van der Waals surface area contributed by atoms with Gasteiger partial charge in [-0.15, -0.1) is 0 Å². The number of carboxylic acid groups (broad SMARTS) is 2. The molecule has 1 aliphatic carbocycles. The van der Waals surface area contributed by atoms with E-state index in [1.807, 2.05) is 26.0 Å². The largest absolute Gasteiger partial charge is 0.481 e. The van der Waals surface area contributed by atoms with Gasteiger partial charge in [0.25, 0.3) is 0 Å². The Hall–Kier alpha value is -1.32. The lowest BCUT2D eigenvalue weighted by Gasteiger charge is -2.46. The molecular formula is C14H22O4. The van der Waals surface area contributed by atoms with Gasteiger partial charge in [-0.2, -0.15) is 0 Å². The lowest BCUT2D eigenvalue weighted by Crippen LogP contribution is -2.53. The van der Waals surface area contributed by atoms with Crippen molar-refractivity contribution in [2.45, 2.75) is 52.4 Å². The van der Waals surface area contributed by atoms with Crippen molar-refractivity contribution < 1.29 is 19.8 Å². The average molecular weight is 254 g/mol. The highest BCUT2D eigenvalue weighted by Crippen LogP contribution is 2.54. The van der Waals surface area contributed by atoms with Gasteiger partial charge >= 0.3 is 11.9 Å². The summed E-state index contributed by atoms with van der Waals surface area (Å²) in [7, 11) is 0. The third-order valence-corrected chi connectivity index (χ3v) is 4.19. The Balaban J connectivity index is 3.36. The SMILES string of the molecule is CCCC1(C(=O)O)CC=CCC1(CCC)C(=O)O. The smallest absolute Gasteiger partial charge is 0.311 e. The second kappa shape index (κ2) is 5.55. The molecular weight excluding hydrogens is 232 g/mol. The lowest BCUT2D eigenvalue weighted by atomic mass is 9.54. The minimum absolute atomic E-state index is 0.322. The Morgan fingerprint density at radius 3 is 1.50 bits per heavy atom. The zero-order valence-electron chi connectivity index (χ0n) is 11.1. The Kier molecular flexibility index (Phi) is 4.54. The van der Waals surface area contributed by atoms with Crippen LogP contribution in [0.15, 0.2) is 12.2 Å². The highest BCUT2D eigenvalue weighted by molar-refractivity contribution is 5.87. The second-order valence-electron chi connectivity index (χ2n) is 5.15. The molecule has 0 aromatic rings. The van der Waals surface area contributed by atoms with Gasteiger partial charge in [-0.1, -0.05) is 38.8 Å². The molecule has 4 heteroatoms. The number of aliphatic carboxylic acids is 2. The minimum Gasteiger partial charge on any atom is -0.481 e. The van der Waals surface area contributed by atoms with E-state index in [2.05, 4.69) is 0 Å². The highest BCUT2D eigenvalue weighted by Gasteiger charge is 2.60. The monoisotopic (exact) mass is 254 g/mol. The number of hydrogen-bond acceptors (Lipinski definition) is 2. The summed E-state index contributed by atoms with van der Waals surface area (Å²) in [6.07, 6.45) is 6.47. The van der Waals surface area contributed by atoms with Gasteiger partial charge in [0.05, 0.1) is 10.8 Å². The molecule has 0 heterocycles. The van der Waals surface area contributed by atoms with Crippen LogP contribution >= 0.6 is 0 Å². The molecule has 0 saturated heterocycles. The van der Waals surface area contributed by atoms with E-state index in [0.717, 1.165) is 0 Å².